The average molecular weight is 362 g/mol. The molecule has 0 saturated heterocycles. The van der Waals surface area contributed by atoms with Crippen molar-refractivity contribution in [3.63, 3.8) is 0 Å². The molecule has 3 aromatic rings. The van der Waals surface area contributed by atoms with E-state index < -0.39 is 17.4 Å². The van der Waals surface area contributed by atoms with Crippen molar-refractivity contribution in [3.8, 4) is 5.75 Å². The van der Waals surface area contributed by atoms with Crippen LogP contribution in [0.25, 0.3) is 11.2 Å². The summed E-state index contributed by atoms with van der Waals surface area (Å²) < 4.78 is 8.60. The van der Waals surface area contributed by atoms with Crippen molar-refractivity contribution in [1.82, 2.24) is 19.1 Å². The summed E-state index contributed by atoms with van der Waals surface area (Å²) in [5.74, 6) is 0.685. The maximum atomic E-state index is 12.1. The number of benzene rings is 1. The number of ether oxygens (including phenoxy) is 1. The van der Waals surface area contributed by atoms with Gasteiger partial charge in [0, 0.05) is 7.05 Å². The lowest BCUT2D eigenvalue weighted by atomic mass is 10.2. The minimum atomic E-state index is -0.887. The number of para-hydroxylation sites is 1. The third-order valence-corrected chi connectivity index (χ3v) is 4.28. The summed E-state index contributed by atoms with van der Waals surface area (Å²) >= 11 is 5.22. The predicted octanol–water partition coefficient (Wildman–Crippen LogP) is 0.834. The van der Waals surface area contributed by atoms with Crippen LogP contribution in [-0.2, 0) is 13.6 Å². The Morgan fingerprint density at radius 1 is 1.28 bits per heavy atom. The first-order valence-electron chi connectivity index (χ1n) is 7.67. The van der Waals surface area contributed by atoms with Gasteiger partial charge in [0.1, 0.15) is 24.1 Å². The van der Waals surface area contributed by atoms with Crippen LogP contribution in [0.5, 0.6) is 5.75 Å². The van der Waals surface area contributed by atoms with Crippen molar-refractivity contribution in [2.24, 2.45) is 7.05 Å². The molecule has 0 amide bonds. The monoisotopic (exact) mass is 362 g/mol. The number of nitrogens with zero attached hydrogens (tertiary/aromatic N) is 2. The standard InChI is InChI=1S/C16H18N4O4S/c1-9-5-3-4-6-11(9)24-8-10(21)7-20-12-13(17-16(20)25)19(2)15(23)18-14(12)22/h3-6,10,21H,7-8H2,1-2H3,(H,17,25)(H,18,22,23). The summed E-state index contributed by atoms with van der Waals surface area (Å²) in [6, 6.07) is 7.49. The Hall–Kier alpha value is -2.65. The first kappa shape index (κ1) is 17.2. The quantitative estimate of drug-likeness (QED) is 0.583. The largest absolute Gasteiger partial charge is 0.491 e. The Kier molecular flexibility index (Phi) is 4.60. The third kappa shape index (κ3) is 3.28. The summed E-state index contributed by atoms with van der Waals surface area (Å²) in [6.45, 7) is 2.02. The number of imidazole rings is 1. The van der Waals surface area contributed by atoms with E-state index in [1.54, 1.807) is 0 Å². The molecular formula is C16H18N4O4S. The van der Waals surface area contributed by atoms with Gasteiger partial charge in [-0.3, -0.25) is 14.3 Å². The lowest BCUT2D eigenvalue weighted by Gasteiger charge is -2.14. The molecule has 0 aliphatic heterocycles. The van der Waals surface area contributed by atoms with Crippen molar-refractivity contribution in [2.45, 2.75) is 19.6 Å². The minimum absolute atomic E-state index is 0.0446. The van der Waals surface area contributed by atoms with E-state index in [9.17, 15) is 14.7 Å². The number of aromatic amines is 2. The Balaban J connectivity index is 1.86. The van der Waals surface area contributed by atoms with Gasteiger partial charge in [0.2, 0.25) is 0 Å². The molecule has 0 radical (unpaired) electrons. The summed E-state index contributed by atoms with van der Waals surface area (Å²) in [5.41, 5.74) is 0.388. The molecule has 0 spiro atoms. The highest BCUT2D eigenvalue weighted by Crippen LogP contribution is 2.16. The Morgan fingerprint density at radius 2 is 2.00 bits per heavy atom. The third-order valence-electron chi connectivity index (χ3n) is 3.96. The molecule has 0 aliphatic rings. The van der Waals surface area contributed by atoms with Crippen LogP contribution in [-0.4, -0.2) is 36.9 Å². The van der Waals surface area contributed by atoms with Gasteiger partial charge in [0.25, 0.3) is 5.56 Å². The zero-order chi connectivity index (χ0) is 18.1. The van der Waals surface area contributed by atoms with Gasteiger partial charge in [-0.05, 0) is 30.8 Å². The molecule has 2 aromatic heterocycles. The van der Waals surface area contributed by atoms with Gasteiger partial charge in [-0.2, -0.15) is 0 Å². The van der Waals surface area contributed by atoms with E-state index in [1.165, 1.54) is 16.2 Å². The number of H-pyrrole nitrogens is 2. The van der Waals surface area contributed by atoms with E-state index in [0.717, 1.165) is 5.56 Å². The highest BCUT2D eigenvalue weighted by Gasteiger charge is 2.16. The van der Waals surface area contributed by atoms with Crippen LogP contribution in [0, 0.1) is 11.7 Å². The zero-order valence-corrected chi connectivity index (χ0v) is 14.6. The number of aliphatic hydroxyl groups is 1. The fourth-order valence-electron chi connectivity index (χ4n) is 2.61. The van der Waals surface area contributed by atoms with Gasteiger partial charge in [0.05, 0.1) is 6.54 Å². The van der Waals surface area contributed by atoms with Crippen molar-refractivity contribution in [2.75, 3.05) is 6.61 Å². The maximum absolute atomic E-state index is 12.1. The van der Waals surface area contributed by atoms with E-state index in [0.29, 0.717) is 11.4 Å². The summed E-state index contributed by atoms with van der Waals surface area (Å²) in [7, 11) is 1.52. The molecule has 3 rings (SSSR count). The summed E-state index contributed by atoms with van der Waals surface area (Å²) in [4.78, 5) is 28.8. The molecule has 9 heteroatoms. The number of aromatic nitrogens is 4. The van der Waals surface area contributed by atoms with Gasteiger partial charge in [-0.25, -0.2) is 4.79 Å². The molecule has 1 unspecified atom stereocenters. The smallest absolute Gasteiger partial charge is 0.329 e. The molecule has 25 heavy (non-hydrogen) atoms. The van der Waals surface area contributed by atoms with Crippen molar-refractivity contribution >= 4 is 23.4 Å². The number of rotatable bonds is 5. The van der Waals surface area contributed by atoms with E-state index in [4.69, 9.17) is 17.0 Å². The van der Waals surface area contributed by atoms with Gasteiger partial charge in [0.15, 0.2) is 10.3 Å². The van der Waals surface area contributed by atoms with Crippen LogP contribution < -0.4 is 16.0 Å². The maximum Gasteiger partial charge on any atom is 0.329 e. The molecule has 2 heterocycles. The molecule has 8 nitrogen and oxygen atoms in total. The van der Waals surface area contributed by atoms with Gasteiger partial charge in [-0.15, -0.1) is 0 Å². The lowest BCUT2D eigenvalue weighted by Crippen LogP contribution is -2.30. The van der Waals surface area contributed by atoms with Crippen LogP contribution in [0.2, 0.25) is 0 Å². The molecule has 1 aromatic carbocycles. The summed E-state index contributed by atoms with van der Waals surface area (Å²) in [6.07, 6.45) is -0.887. The second kappa shape index (κ2) is 6.69. The average Bonchev–Trinajstić information content (AvgIpc) is 2.89. The molecule has 0 aliphatic carbocycles. The van der Waals surface area contributed by atoms with E-state index in [-0.39, 0.29) is 23.4 Å². The van der Waals surface area contributed by atoms with Crippen LogP contribution in [0.15, 0.2) is 33.9 Å². The molecular weight excluding hydrogens is 344 g/mol. The number of hydrogen-bond donors (Lipinski definition) is 3. The Morgan fingerprint density at radius 3 is 2.72 bits per heavy atom. The highest BCUT2D eigenvalue weighted by atomic mass is 32.1. The second-order valence-corrected chi connectivity index (χ2v) is 6.17. The van der Waals surface area contributed by atoms with Crippen molar-refractivity contribution in [1.29, 1.82) is 0 Å². The van der Waals surface area contributed by atoms with Crippen LogP contribution in [0.4, 0.5) is 0 Å². The Labute approximate surface area is 147 Å². The highest BCUT2D eigenvalue weighted by molar-refractivity contribution is 7.71. The van der Waals surface area contributed by atoms with Crippen LogP contribution in [0.1, 0.15) is 5.56 Å². The topological polar surface area (TPSA) is 105 Å². The molecule has 3 N–H and O–H groups in total. The SMILES string of the molecule is Cc1ccccc1OCC(O)Cn1c(=S)[nH]c2c1c(=O)[nH]c(=O)n2C. The van der Waals surface area contributed by atoms with Crippen LogP contribution in [0.3, 0.4) is 0 Å². The van der Waals surface area contributed by atoms with E-state index in [2.05, 4.69) is 9.97 Å². The van der Waals surface area contributed by atoms with Gasteiger partial charge >= 0.3 is 5.69 Å². The first-order valence-corrected chi connectivity index (χ1v) is 8.07. The van der Waals surface area contributed by atoms with Gasteiger partial charge < -0.3 is 19.4 Å². The number of fused-ring (bicyclic) bond motifs is 1. The zero-order valence-electron chi connectivity index (χ0n) is 13.8. The first-order chi connectivity index (χ1) is 11.9. The number of nitrogens with one attached hydrogen (secondary N) is 2. The minimum Gasteiger partial charge on any atom is -0.491 e. The molecule has 132 valence electrons. The van der Waals surface area contributed by atoms with E-state index in [1.807, 2.05) is 31.2 Å². The lowest BCUT2D eigenvalue weighted by molar-refractivity contribution is 0.0927. The fraction of sp³-hybridized carbons (Fsp3) is 0.312. The van der Waals surface area contributed by atoms with Crippen molar-refractivity contribution in [3.05, 3.63) is 55.4 Å². The molecule has 0 saturated carbocycles. The molecule has 1 atom stereocenters. The fourth-order valence-corrected chi connectivity index (χ4v) is 2.88. The van der Waals surface area contributed by atoms with Crippen molar-refractivity contribution < 1.29 is 9.84 Å². The molecule has 0 bridgehead atoms. The van der Waals surface area contributed by atoms with E-state index >= 15 is 0 Å². The summed E-state index contributed by atoms with van der Waals surface area (Å²) in [5, 5.41) is 10.3. The number of aliphatic hydroxyl groups excluding tert-OH is 1. The number of hydrogen-bond acceptors (Lipinski definition) is 5. The second-order valence-electron chi connectivity index (χ2n) is 5.79. The Bertz CT molecular complexity index is 1090. The molecule has 0 fully saturated rings. The normalized spacial score (nSPS) is 12.4. The number of aryl methyl sites for hydroxylation is 2. The predicted molar refractivity (Wildman–Crippen MR) is 95.7 cm³/mol. The van der Waals surface area contributed by atoms with Crippen LogP contribution >= 0.6 is 12.2 Å². The van der Waals surface area contributed by atoms with Gasteiger partial charge in [-0.1, -0.05) is 18.2 Å².